The highest BCUT2D eigenvalue weighted by Gasteiger charge is 2.31. The van der Waals surface area contributed by atoms with Crippen LogP contribution in [0.25, 0.3) is 0 Å². The summed E-state index contributed by atoms with van der Waals surface area (Å²) in [6.45, 7) is 8.55. The Morgan fingerprint density at radius 1 is 1.31 bits per heavy atom. The van der Waals surface area contributed by atoms with E-state index in [0.29, 0.717) is 6.42 Å². The molecular weight excluding hydrogens is 230 g/mol. The number of rotatable bonds is 5. The molecule has 0 saturated carbocycles. The monoisotopic (exact) mass is 250 g/mol. The molecule has 0 heterocycles. The fourth-order valence-electron chi connectivity index (χ4n) is 1.03. The van der Waals surface area contributed by atoms with Crippen LogP contribution in [0.3, 0.4) is 0 Å². The minimum atomic E-state index is -4.35. The fraction of sp³-hybridized carbons (Fsp3) is 0.900. The third-order valence-corrected chi connectivity index (χ3v) is 3.45. The first-order valence-electron chi connectivity index (χ1n) is 5.11. The van der Waals surface area contributed by atoms with Crippen molar-refractivity contribution in [3.63, 3.8) is 0 Å². The van der Waals surface area contributed by atoms with E-state index in [-0.39, 0.29) is 5.90 Å². The van der Waals surface area contributed by atoms with Gasteiger partial charge in [0.2, 0.25) is 0 Å². The Bertz CT molecular complexity index is 357. The van der Waals surface area contributed by atoms with Crippen LogP contribution in [0.4, 0.5) is 0 Å². The summed E-state index contributed by atoms with van der Waals surface area (Å²) < 4.78 is 37.2. The van der Waals surface area contributed by atoms with E-state index in [1.165, 1.54) is 13.8 Å². The van der Waals surface area contributed by atoms with Crippen molar-refractivity contribution in [3.8, 4) is 0 Å². The van der Waals surface area contributed by atoms with Gasteiger partial charge < -0.3 is 9.29 Å². The molecule has 0 amide bonds. The summed E-state index contributed by atoms with van der Waals surface area (Å²) in [5.41, 5.74) is -1.62. The summed E-state index contributed by atoms with van der Waals surface area (Å²) in [7, 11) is -4.35. The second kappa shape index (κ2) is 4.71. The van der Waals surface area contributed by atoms with Crippen LogP contribution in [-0.2, 0) is 14.9 Å². The molecule has 0 rings (SSSR count). The fourth-order valence-corrected chi connectivity index (χ4v) is 1.94. The Labute approximate surface area is 97.5 Å². The van der Waals surface area contributed by atoms with Crippen molar-refractivity contribution in [2.45, 2.75) is 46.6 Å². The van der Waals surface area contributed by atoms with Gasteiger partial charge in [-0.3, -0.25) is 5.41 Å². The molecule has 0 aromatic heterocycles. The smallest absolute Gasteiger partial charge is 0.186 e. The Kier molecular flexibility index (Phi) is 4.53. The zero-order valence-corrected chi connectivity index (χ0v) is 11.3. The van der Waals surface area contributed by atoms with Crippen LogP contribution >= 0.6 is 0 Å². The highest BCUT2D eigenvalue weighted by Crippen LogP contribution is 2.25. The molecule has 96 valence electrons. The average Bonchev–Trinajstić information content (AvgIpc) is 1.98. The molecule has 0 aliphatic rings. The highest BCUT2D eigenvalue weighted by atomic mass is 32.2. The van der Waals surface area contributed by atoms with E-state index in [1.807, 2.05) is 20.8 Å². The van der Waals surface area contributed by atoms with Crippen LogP contribution in [0.5, 0.6) is 0 Å². The average molecular weight is 250 g/mol. The molecule has 0 atom stereocenters. The predicted octanol–water partition coefficient (Wildman–Crippen LogP) is 1.74. The lowest BCUT2D eigenvalue weighted by atomic mass is 9.90. The molecule has 0 spiro atoms. The van der Waals surface area contributed by atoms with Crippen LogP contribution in [0.15, 0.2) is 0 Å². The third kappa shape index (κ3) is 5.46. The van der Waals surface area contributed by atoms with Crippen LogP contribution in [0.2, 0.25) is 0 Å². The minimum absolute atomic E-state index is 0.00338. The van der Waals surface area contributed by atoms with Gasteiger partial charge in [-0.05, 0) is 20.3 Å². The zero-order chi connectivity index (χ0) is 13.2. The quantitative estimate of drug-likeness (QED) is 0.457. The van der Waals surface area contributed by atoms with Gasteiger partial charge in [0.25, 0.3) is 0 Å². The number of hydrogen-bond donors (Lipinski definition) is 1. The zero-order valence-electron chi connectivity index (χ0n) is 10.5. The second-order valence-corrected chi connectivity index (χ2v) is 6.53. The molecule has 0 saturated heterocycles. The van der Waals surface area contributed by atoms with Crippen molar-refractivity contribution >= 4 is 16.0 Å². The first-order chi connectivity index (χ1) is 6.90. The van der Waals surface area contributed by atoms with E-state index >= 15 is 0 Å². The predicted molar refractivity (Wildman–Crippen MR) is 61.5 cm³/mol. The number of nitrogens with one attached hydrogen (secondary N) is 1. The van der Waals surface area contributed by atoms with E-state index in [1.54, 1.807) is 0 Å². The number of hydrogen-bond acceptors (Lipinski definition) is 5. The summed E-state index contributed by atoms with van der Waals surface area (Å²) >= 11 is 0. The SMILES string of the molecule is CCC(C)(C)C(=N)OC(C)(C)CS(=O)(=O)[O-]. The number of ether oxygens (including phenoxy) is 1. The summed E-state index contributed by atoms with van der Waals surface area (Å²) in [6, 6.07) is 0. The topological polar surface area (TPSA) is 90.3 Å². The Morgan fingerprint density at radius 3 is 2.06 bits per heavy atom. The van der Waals surface area contributed by atoms with Crippen LogP contribution in [0.1, 0.15) is 41.0 Å². The summed E-state index contributed by atoms with van der Waals surface area (Å²) in [4.78, 5) is 0. The van der Waals surface area contributed by atoms with Crippen molar-refractivity contribution in [2.75, 3.05) is 5.75 Å². The van der Waals surface area contributed by atoms with Gasteiger partial charge in [0.05, 0.1) is 15.9 Å². The van der Waals surface area contributed by atoms with Gasteiger partial charge in [-0.25, -0.2) is 8.42 Å². The van der Waals surface area contributed by atoms with E-state index in [9.17, 15) is 13.0 Å². The largest absolute Gasteiger partial charge is 0.748 e. The lowest BCUT2D eigenvalue weighted by Crippen LogP contribution is -2.39. The first kappa shape index (κ1) is 15.4. The van der Waals surface area contributed by atoms with Gasteiger partial charge in [0, 0.05) is 5.41 Å². The first-order valence-corrected chi connectivity index (χ1v) is 6.69. The van der Waals surface area contributed by atoms with Crippen LogP contribution in [-0.4, -0.2) is 30.2 Å². The van der Waals surface area contributed by atoms with E-state index in [4.69, 9.17) is 10.1 Å². The van der Waals surface area contributed by atoms with E-state index in [0.717, 1.165) is 0 Å². The molecule has 0 fully saturated rings. The Morgan fingerprint density at radius 2 is 1.75 bits per heavy atom. The maximum atomic E-state index is 10.6. The molecule has 1 N–H and O–H groups in total. The molecule has 5 nitrogen and oxygen atoms in total. The molecule has 0 aromatic carbocycles. The van der Waals surface area contributed by atoms with Crippen molar-refractivity contribution in [1.29, 1.82) is 5.41 Å². The van der Waals surface area contributed by atoms with Gasteiger partial charge in [-0.15, -0.1) is 0 Å². The normalized spacial score (nSPS) is 13.6. The standard InChI is InChI=1S/C10H21NO4S/c1-6-9(2,3)8(11)15-10(4,5)7-16(12,13)14/h11H,6-7H2,1-5H3,(H,12,13,14)/p-1. The summed E-state index contributed by atoms with van der Waals surface area (Å²) in [5.74, 6) is -0.633. The van der Waals surface area contributed by atoms with Crippen LogP contribution in [0, 0.1) is 10.8 Å². The van der Waals surface area contributed by atoms with Gasteiger partial charge >= 0.3 is 0 Å². The van der Waals surface area contributed by atoms with E-state index < -0.39 is 26.9 Å². The molecule has 0 aromatic rings. The Balaban J connectivity index is 4.67. The van der Waals surface area contributed by atoms with Gasteiger partial charge in [-0.2, -0.15) is 0 Å². The van der Waals surface area contributed by atoms with Crippen molar-refractivity contribution < 1.29 is 17.7 Å². The summed E-state index contributed by atoms with van der Waals surface area (Å²) in [5, 5.41) is 7.74. The molecule has 6 heteroatoms. The molecular formula is C10H20NO4S-. The lowest BCUT2D eigenvalue weighted by Gasteiger charge is -2.33. The van der Waals surface area contributed by atoms with Crippen molar-refractivity contribution in [3.05, 3.63) is 0 Å². The summed E-state index contributed by atoms with van der Waals surface area (Å²) in [6.07, 6.45) is 0.700. The maximum Gasteiger partial charge on any atom is 0.186 e. The van der Waals surface area contributed by atoms with E-state index in [2.05, 4.69) is 0 Å². The Hall–Kier alpha value is -0.620. The highest BCUT2D eigenvalue weighted by molar-refractivity contribution is 7.85. The van der Waals surface area contributed by atoms with Crippen molar-refractivity contribution in [2.24, 2.45) is 5.41 Å². The molecule has 0 radical (unpaired) electrons. The van der Waals surface area contributed by atoms with Crippen LogP contribution < -0.4 is 0 Å². The lowest BCUT2D eigenvalue weighted by molar-refractivity contribution is 0.0945. The second-order valence-electron chi connectivity index (χ2n) is 5.13. The van der Waals surface area contributed by atoms with Gasteiger partial charge in [0.15, 0.2) is 5.90 Å². The molecule has 0 bridgehead atoms. The van der Waals surface area contributed by atoms with Gasteiger partial charge in [0.1, 0.15) is 5.60 Å². The van der Waals surface area contributed by atoms with Gasteiger partial charge in [-0.1, -0.05) is 20.8 Å². The molecule has 0 aliphatic carbocycles. The third-order valence-electron chi connectivity index (χ3n) is 2.40. The minimum Gasteiger partial charge on any atom is -0.748 e. The molecule has 16 heavy (non-hydrogen) atoms. The molecule has 0 unspecified atom stereocenters. The maximum absolute atomic E-state index is 10.6. The molecule has 0 aliphatic heterocycles. The van der Waals surface area contributed by atoms with Crippen molar-refractivity contribution in [1.82, 2.24) is 0 Å².